The molecule has 2 aliphatic carbocycles. The first-order valence-electron chi connectivity index (χ1n) is 26.3. The number of nitrogens with one attached hydrogen (secondary N) is 3. The zero-order valence-electron chi connectivity index (χ0n) is 41.4. The first kappa shape index (κ1) is 47.5. The van der Waals surface area contributed by atoms with Gasteiger partial charge in [0.05, 0.1) is 48.1 Å². The Morgan fingerprint density at radius 2 is 1.82 bits per heavy atom. The number of hydrazine groups is 1. The number of methoxy groups -OCH3 is 1. The van der Waals surface area contributed by atoms with E-state index in [1.54, 1.807) is 19.2 Å². The van der Waals surface area contributed by atoms with Crippen molar-refractivity contribution in [3.63, 3.8) is 0 Å². The molecule has 1 amide bonds. The summed E-state index contributed by atoms with van der Waals surface area (Å²) in [6, 6.07) is 17.6. The van der Waals surface area contributed by atoms with Crippen molar-refractivity contribution in [2.45, 2.75) is 178 Å². The maximum Gasteiger partial charge on any atom is 0.251 e. The van der Waals surface area contributed by atoms with Gasteiger partial charge in [0, 0.05) is 60.1 Å². The fourth-order valence-electron chi connectivity index (χ4n) is 13.3. The second-order valence-corrected chi connectivity index (χ2v) is 23.0. The summed E-state index contributed by atoms with van der Waals surface area (Å²) in [5.74, 6) is 6.70. The Balaban J connectivity index is 0.784. The summed E-state index contributed by atoms with van der Waals surface area (Å²) in [4.78, 5) is 25.4. The number of carbonyl (C=O) groups is 1. The van der Waals surface area contributed by atoms with E-state index < -0.39 is 0 Å². The van der Waals surface area contributed by atoms with Gasteiger partial charge in [-0.1, -0.05) is 45.0 Å². The maximum atomic E-state index is 14.4. The number of likely N-dealkylation sites (tertiary alicyclic amines) is 1. The van der Waals surface area contributed by atoms with Gasteiger partial charge in [0.15, 0.2) is 12.4 Å². The van der Waals surface area contributed by atoms with E-state index in [0.29, 0.717) is 50.9 Å². The molecule has 8 atom stereocenters. The molecule has 10 rings (SSSR count). The third-order valence-corrected chi connectivity index (χ3v) is 19.1. The summed E-state index contributed by atoms with van der Waals surface area (Å²) in [5, 5.41) is 13.8. The number of benzene rings is 2. The maximum absolute atomic E-state index is 14.4. The van der Waals surface area contributed by atoms with Crippen LogP contribution in [0.25, 0.3) is 0 Å². The first-order chi connectivity index (χ1) is 33.0. The molecule has 2 bridgehead atoms. The summed E-state index contributed by atoms with van der Waals surface area (Å²) >= 11 is 2.14. The Morgan fingerprint density at radius 1 is 1.03 bits per heavy atom. The third-order valence-electron chi connectivity index (χ3n) is 17.5. The van der Waals surface area contributed by atoms with E-state index >= 15 is 0 Å². The smallest absolute Gasteiger partial charge is 0.251 e. The number of carbonyl (C=O) groups excluding carboxylic acids is 1. The molecule has 1 spiro atoms. The van der Waals surface area contributed by atoms with Crippen LogP contribution in [0.5, 0.6) is 11.5 Å². The highest BCUT2D eigenvalue weighted by Crippen LogP contribution is 2.51. The number of hydrogen-bond acceptors (Lipinski definition) is 10. The molecule has 0 radical (unpaired) electrons. The van der Waals surface area contributed by atoms with Crippen molar-refractivity contribution in [2.75, 3.05) is 26.7 Å². The van der Waals surface area contributed by atoms with Crippen LogP contribution >= 0.6 is 11.8 Å². The molecule has 12 heteroatoms. The summed E-state index contributed by atoms with van der Waals surface area (Å²) < 4.78 is 14.2. The van der Waals surface area contributed by atoms with Crippen molar-refractivity contribution in [3.8, 4) is 17.6 Å². The van der Waals surface area contributed by atoms with E-state index in [0.717, 1.165) is 94.1 Å². The first-order valence-corrected chi connectivity index (χ1v) is 27.2. The Hall–Kier alpha value is -4.21. The minimum atomic E-state index is 0.0392. The summed E-state index contributed by atoms with van der Waals surface area (Å²) in [6.45, 7) is 14.8. The molecule has 5 fully saturated rings. The van der Waals surface area contributed by atoms with Crippen molar-refractivity contribution in [2.24, 2.45) is 22.2 Å². The molecule has 68 heavy (non-hydrogen) atoms. The number of thioether (sulfide) groups is 1. The highest BCUT2D eigenvalue weighted by molar-refractivity contribution is 8.00. The van der Waals surface area contributed by atoms with Crippen LogP contribution in [0.3, 0.4) is 0 Å². The fraction of sp³-hybridized carbons (Fsp3) is 0.625. The minimum Gasteiger partial charge on any atom is -0.495 e. The largest absolute Gasteiger partial charge is 0.495 e. The van der Waals surface area contributed by atoms with Crippen molar-refractivity contribution in [1.29, 1.82) is 5.26 Å². The lowest BCUT2D eigenvalue weighted by Gasteiger charge is -2.38. The molecule has 0 aromatic heterocycles. The number of ether oxygens (including phenoxy) is 2. The van der Waals surface area contributed by atoms with Crippen molar-refractivity contribution < 1.29 is 18.8 Å². The van der Waals surface area contributed by atoms with Crippen LogP contribution < -0.4 is 25.6 Å². The highest BCUT2D eigenvalue weighted by atomic mass is 32.2. The SMILES string of the molecule is CC[C@@H]1N=C(c2ccc(C3CCC4(CC3)CCN(C3/C=C\C(C(=O)NC5CCC(Oc6ccc(C#N)c(OC)c6)CC5)=C5CCCCC[N+]3=C=C5C)C4)cc2)C2C(C)C(C)SC2N2C(C)NNC12. The van der Waals surface area contributed by atoms with Gasteiger partial charge in [-0.25, -0.2) is 15.8 Å². The summed E-state index contributed by atoms with van der Waals surface area (Å²) in [6.07, 6.45) is 20.1. The molecule has 2 aromatic rings. The van der Waals surface area contributed by atoms with E-state index in [9.17, 15) is 10.1 Å². The van der Waals surface area contributed by atoms with Gasteiger partial charge in [0.1, 0.15) is 17.6 Å². The van der Waals surface area contributed by atoms with Crippen LogP contribution in [-0.2, 0) is 4.79 Å². The molecular formula is C56H75N8O3S+. The lowest BCUT2D eigenvalue weighted by atomic mass is 9.68. The molecule has 2 aromatic carbocycles. The lowest BCUT2D eigenvalue weighted by Crippen LogP contribution is -2.50. The molecule has 11 nitrogen and oxygen atoms in total. The normalized spacial score (nSPS) is 35.8. The van der Waals surface area contributed by atoms with Crippen LogP contribution in [0.15, 0.2) is 76.3 Å². The van der Waals surface area contributed by atoms with Crippen LogP contribution in [0.1, 0.15) is 147 Å². The molecule has 6 aliphatic heterocycles. The van der Waals surface area contributed by atoms with Crippen LogP contribution in [0.2, 0.25) is 0 Å². The van der Waals surface area contributed by atoms with E-state index in [-0.39, 0.29) is 42.6 Å². The number of nitriles is 1. The number of amides is 1. The monoisotopic (exact) mass is 940 g/mol. The Kier molecular flexibility index (Phi) is 14.1. The number of hydrogen-bond donors (Lipinski definition) is 3. The lowest BCUT2D eigenvalue weighted by molar-refractivity contribution is -0.572. The van der Waals surface area contributed by atoms with E-state index in [4.69, 9.17) is 14.5 Å². The topological polar surface area (TPSA) is 117 Å². The molecule has 6 heterocycles. The van der Waals surface area contributed by atoms with Gasteiger partial charge in [-0.05, 0) is 149 Å². The van der Waals surface area contributed by atoms with Gasteiger partial charge in [0.2, 0.25) is 6.17 Å². The number of aliphatic imine (C=N–C) groups is 1. The number of rotatable bonds is 9. The fourth-order valence-corrected chi connectivity index (χ4v) is 15.1. The number of allylic oxidation sites excluding steroid dienone is 2. The zero-order valence-corrected chi connectivity index (χ0v) is 42.3. The Morgan fingerprint density at radius 3 is 2.57 bits per heavy atom. The molecule has 8 aliphatic rings. The Labute approximate surface area is 409 Å². The van der Waals surface area contributed by atoms with Gasteiger partial charge in [-0.15, -0.1) is 11.8 Å². The van der Waals surface area contributed by atoms with Crippen LogP contribution in [-0.4, -0.2) is 106 Å². The third kappa shape index (κ3) is 9.41. The van der Waals surface area contributed by atoms with Gasteiger partial charge >= 0.3 is 0 Å². The average molecular weight is 940 g/mol. The number of nitrogens with zero attached hydrogens (tertiary/aromatic N) is 5. The minimum absolute atomic E-state index is 0.0392. The predicted molar refractivity (Wildman–Crippen MR) is 272 cm³/mol. The standard InChI is InChI=1S/C56H74N8O3S/c1-7-48-53-61-60-38(5)64(53)55-51(36(3)37(4)68-55)52(59-48)41-14-12-39(13-15-41)40-24-26-56(27-25-40)28-30-63(34-56)50-23-22-47(46-11-9-8-10-29-62(50)33-35(46)2)54(65)58-43-17-20-44(21-18-43)67-45-19-16-42(32-57)49(31-45)66-6/h12-16,19,22-23,31,36-38,40,43-44,48,50-51,53,55,60-61H,7-11,17-18,20-21,24-30,34H2,1-6H3/p+1/b23-22-,47-46?/t36?,37?,38?,40?,43?,44?,48-,50?,51?,53?,55?,56?/m0/s1. The Bertz CT molecular complexity index is 2400. The molecule has 2 saturated carbocycles. The van der Waals surface area contributed by atoms with Crippen molar-refractivity contribution in [3.05, 3.63) is 88.0 Å². The predicted octanol–water partition coefficient (Wildman–Crippen LogP) is 9.19. The molecule has 7 unspecified atom stereocenters. The van der Waals surface area contributed by atoms with Crippen molar-refractivity contribution in [1.82, 2.24) is 26.0 Å². The van der Waals surface area contributed by atoms with Crippen LogP contribution in [0, 0.1) is 28.6 Å². The van der Waals surface area contributed by atoms with Gasteiger partial charge < -0.3 is 14.8 Å². The molecule has 3 saturated heterocycles. The van der Waals surface area contributed by atoms with Gasteiger partial charge in [-0.3, -0.25) is 14.7 Å². The van der Waals surface area contributed by atoms with Gasteiger partial charge in [0.25, 0.3) is 5.91 Å². The second-order valence-electron chi connectivity index (χ2n) is 21.5. The second kappa shape index (κ2) is 20.3. The van der Waals surface area contributed by atoms with E-state index in [2.05, 4.69) is 125 Å². The van der Waals surface area contributed by atoms with Crippen molar-refractivity contribution >= 4 is 29.3 Å². The van der Waals surface area contributed by atoms with Gasteiger partial charge in [-0.2, -0.15) is 9.84 Å². The zero-order chi connectivity index (χ0) is 47.1. The highest BCUT2D eigenvalue weighted by Gasteiger charge is 2.53. The van der Waals surface area contributed by atoms with E-state index in [1.807, 2.05) is 6.07 Å². The summed E-state index contributed by atoms with van der Waals surface area (Å²) in [5.41, 5.74) is 15.2. The quantitative estimate of drug-likeness (QED) is 0.212. The van der Waals surface area contributed by atoms with E-state index in [1.165, 1.54) is 48.9 Å². The molecule has 3 N–H and O–H groups in total. The van der Waals surface area contributed by atoms with Crippen LogP contribution in [0.4, 0.5) is 0 Å². The number of fused-ring (bicyclic) bond motifs is 4. The summed E-state index contributed by atoms with van der Waals surface area (Å²) in [7, 11) is 1.57. The molecular weight excluding hydrogens is 865 g/mol. The average Bonchev–Trinajstić information content (AvgIpc) is 4.01. The molecule has 362 valence electrons.